The van der Waals surface area contributed by atoms with Crippen LogP contribution in [0.2, 0.25) is 0 Å². The second-order valence-corrected chi connectivity index (χ2v) is 6.65. The number of amides is 3. The molecule has 2 aromatic rings. The van der Waals surface area contributed by atoms with Crippen LogP contribution >= 0.6 is 11.3 Å². The molecular formula is C17H18FN3O2S. The number of carbonyl (C=O) groups excluding carboxylic acids is 2. The SMILES string of the molecule is CCCc1nc(CN2C(=O)C(C)N(c3ccc(F)cc3)C2=O)cs1. The Labute approximate surface area is 143 Å². The summed E-state index contributed by atoms with van der Waals surface area (Å²) in [6.45, 7) is 3.92. The fraction of sp³-hybridized carbons (Fsp3) is 0.353. The van der Waals surface area contributed by atoms with Crippen LogP contribution in [0.15, 0.2) is 29.6 Å². The number of thiazole rings is 1. The molecule has 0 spiro atoms. The minimum Gasteiger partial charge on any atom is -0.282 e. The number of aromatic nitrogens is 1. The number of halogens is 1. The van der Waals surface area contributed by atoms with Gasteiger partial charge in [0.1, 0.15) is 11.9 Å². The summed E-state index contributed by atoms with van der Waals surface area (Å²) in [4.78, 5) is 32.2. The number of benzene rings is 1. The van der Waals surface area contributed by atoms with Gasteiger partial charge in [-0.25, -0.2) is 14.2 Å². The maximum atomic E-state index is 13.1. The molecule has 2 heterocycles. The van der Waals surface area contributed by atoms with Crippen LogP contribution in [0.4, 0.5) is 14.9 Å². The molecule has 1 unspecified atom stereocenters. The first-order valence-corrected chi connectivity index (χ1v) is 8.72. The third kappa shape index (κ3) is 3.03. The average molecular weight is 347 g/mol. The predicted octanol–water partition coefficient (Wildman–Crippen LogP) is 3.59. The van der Waals surface area contributed by atoms with Crippen LogP contribution < -0.4 is 4.90 Å². The van der Waals surface area contributed by atoms with Gasteiger partial charge in [0.25, 0.3) is 5.91 Å². The number of hydrogen-bond donors (Lipinski definition) is 0. The Morgan fingerprint density at radius 2 is 1.96 bits per heavy atom. The average Bonchev–Trinajstić information content (AvgIpc) is 3.08. The van der Waals surface area contributed by atoms with Gasteiger partial charge in [0.15, 0.2) is 0 Å². The maximum Gasteiger partial charge on any atom is 0.332 e. The zero-order valence-corrected chi connectivity index (χ0v) is 14.3. The molecule has 1 aromatic carbocycles. The van der Waals surface area contributed by atoms with E-state index in [1.807, 2.05) is 5.38 Å². The zero-order chi connectivity index (χ0) is 17.3. The third-order valence-corrected chi connectivity index (χ3v) is 4.89. The van der Waals surface area contributed by atoms with Gasteiger partial charge in [-0.05, 0) is 44.0 Å². The quantitative estimate of drug-likeness (QED) is 0.777. The van der Waals surface area contributed by atoms with E-state index in [0.29, 0.717) is 5.69 Å². The molecule has 3 amide bonds. The Hall–Kier alpha value is -2.28. The summed E-state index contributed by atoms with van der Waals surface area (Å²) >= 11 is 1.54. The van der Waals surface area contributed by atoms with Gasteiger partial charge in [-0.15, -0.1) is 11.3 Å². The normalized spacial score (nSPS) is 17.9. The summed E-state index contributed by atoms with van der Waals surface area (Å²) < 4.78 is 13.1. The Bertz CT molecular complexity index is 759. The minimum absolute atomic E-state index is 0.167. The molecule has 1 aliphatic heterocycles. The smallest absolute Gasteiger partial charge is 0.282 e. The number of carbonyl (C=O) groups is 2. The van der Waals surface area contributed by atoms with Crippen molar-refractivity contribution < 1.29 is 14.0 Å². The van der Waals surface area contributed by atoms with Crippen molar-refractivity contribution in [3.8, 4) is 0 Å². The van der Waals surface area contributed by atoms with E-state index in [0.717, 1.165) is 23.5 Å². The van der Waals surface area contributed by atoms with Crippen LogP contribution in [-0.2, 0) is 17.8 Å². The van der Waals surface area contributed by atoms with E-state index in [1.165, 1.54) is 34.1 Å². The number of urea groups is 1. The van der Waals surface area contributed by atoms with Gasteiger partial charge < -0.3 is 0 Å². The van der Waals surface area contributed by atoms with Gasteiger partial charge in [-0.2, -0.15) is 0 Å². The number of rotatable bonds is 5. The van der Waals surface area contributed by atoms with E-state index in [2.05, 4.69) is 11.9 Å². The van der Waals surface area contributed by atoms with Crippen LogP contribution in [0.25, 0.3) is 0 Å². The van der Waals surface area contributed by atoms with Crippen molar-refractivity contribution in [2.45, 2.75) is 39.3 Å². The van der Waals surface area contributed by atoms with Gasteiger partial charge >= 0.3 is 6.03 Å². The molecule has 0 radical (unpaired) electrons. The lowest BCUT2D eigenvalue weighted by Crippen LogP contribution is -2.33. The van der Waals surface area contributed by atoms with E-state index in [1.54, 1.807) is 18.3 Å². The highest BCUT2D eigenvalue weighted by molar-refractivity contribution is 7.09. The van der Waals surface area contributed by atoms with Gasteiger partial charge in [0, 0.05) is 11.1 Å². The lowest BCUT2D eigenvalue weighted by atomic mass is 10.2. The molecular weight excluding hydrogens is 329 g/mol. The van der Waals surface area contributed by atoms with Crippen molar-refractivity contribution in [1.29, 1.82) is 0 Å². The number of aryl methyl sites for hydroxylation is 1. The molecule has 5 nitrogen and oxygen atoms in total. The van der Waals surface area contributed by atoms with Crippen molar-refractivity contribution in [2.24, 2.45) is 0 Å². The van der Waals surface area contributed by atoms with Gasteiger partial charge in [0.05, 0.1) is 17.2 Å². The third-order valence-electron chi connectivity index (χ3n) is 3.94. The van der Waals surface area contributed by atoms with Crippen molar-refractivity contribution in [3.05, 3.63) is 46.2 Å². The van der Waals surface area contributed by atoms with E-state index >= 15 is 0 Å². The van der Waals surface area contributed by atoms with Crippen LogP contribution in [0, 0.1) is 5.82 Å². The molecule has 126 valence electrons. The molecule has 24 heavy (non-hydrogen) atoms. The molecule has 0 N–H and O–H groups in total. The fourth-order valence-corrected chi connectivity index (χ4v) is 3.61. The molecule has 0 aliphatic carbocycles. The molecule has 1 aromatic heterocycles. The Morgan fingerprint density at radius 3 is 2.62 bits per heavy atom. The van der Waals surface area contributed by atoms with Gasteiger partial charge in [-0.3, -0.25) is 14.6 Å². The van der Waals surface area contributed by atoms with Gasteiger partial charge in [-0.1, -0.05) is 6.92 Å². The van der Waals surface area contributed by atoms with Crippen LogP contribution in [-0.4, -0.2) is 27.9 Å². The fourth-order valence-electron chi connectivity index (χ4n) is 2.72. The Morgan fingerprint density at radius 1 is 1.25 bits per heavy atom. The molecule has 7 heteroatoms. The maximum absolute atomic E-state index is 13.1. The monoisotopic (exact) mass is 347 g/mol. The van der Waals surface area contributed by atoms with E-state index in [9.17, 15) is 14.0 Å². The molecule has 0 bridgehead atoms. The molecule has 1 atom stereocenters. The van der Waals surface area contributed by atoms with Crippen molar-refractivity contribution in [3.63, 3.8) is 0 Å². The number of nitrogens with zero attached hydrogens (tertiary/aromatic N) is 3. The molecule has 1 aliphatic rings. The highest BCUT2D eigenvalue weighted by atomic mass is 32.1. The summed E-state index contributed by atoms with van der Waals surface area (Å²) in [5.41, 5.74) is 1.23. The Balaban J connectivity index is 1.80. The predicted molar refractivity (Wildman–Crippen MR) is 90.4 cm³/mol. The summed E-state index contributed by atoms with van der Waals surface area (Å²) in [6.07, 6.45) is 1.90. The van der Waals surface area contributed by atoms with Crippen molar-refractivity contribution in [1.82, 2.24) is 9.88 Å². The zero-order valence-electron chi connectivity index (χ0n) is 13.5. The minimum atomic E-state index is -0.614. The van der Waals surface area contributed by atoms with Crippen LogP contribution in [0.3, 0.4) is 0 Å². The standard InChI is InChI=1S/C17H18FN3O2S/c1-3-4-15-19-13(10-24-15)9-20-16(22)11(2)21(17(20)23)14-7-5-12(18)6-8-14/h5-8,10-11H,3-4,9H2,1-2H3. The van der Waals surface area contributed by atoms with E-state index in [-0.39, 0.29) is 18.3 Å². The molecule has 1 fully saturated rings. The first-order chi connectivity index (χ1) is 11.5. The van der Waals surface area contributed by atoms with Gasteiger partial charge in [0.2, 0.25) is 0 Å². The highest BCUT2D eigenvalue weighted by Gasteiger charge is 2.43. The molecule has 0 saturated carbocycles. The summed E-state index contributed by atoms with van der Waals surface area (Å²) in [5, 5.41) is 2.89. The number of hydrogen-bond acceptors (Lipinski definition) is 4. The summed E-state index contributed by atoms with van der Waals surface area (Å²) in [6, 6.07) is 4.55. The first kappa shape index (κ1) is 16.6. The first-order valence-electron chi connectivity index (χ1n) is 7.84. The number of imide groups is 1. The van der Waals surface area contributed by atoms with Crippen molar-refractivity contribution >= 4 is 29.0 Å². The second kappa shape index (κ2) is 6.68. The molecule has 3 rings (SSSR count). The second-order valence-electron chi connectivity index (χ2n) is 5.71. The molecule has 1 saturated heterocycles. The van der Waals surface area contributed by atoms with E-state index < -0.39 is 12.1 Å². The largest absolute Gasteiger partial charge is 0.332 e. The van der Waals surface area contributed by atoms with Crippen LogP contribution in [0.5, 0.6) is 0 Å². The van der Waals surface area contributed by atoms with Crippen LogP contribution in [0.1, 0.15) is 31.0 Å². The summed E-state index contributed by atoms with van der Waals surface area (Å²) in [5.74, 6) is -0.651. The highest BCUT2D eigenvalue weighted by Crippen LogP contribution is 2.27. The number of anilines is 1. The lowest BCUT2D eigenvalue weighted by Gasteiger charge is -2.19. The van der Waals surface area contributed by atoms with Crippen molar-refractivity contribution in [2.75, 3.05) is 4.90 Å². The summed E-state index contributed by atoms with van der Waals surface area (Å²) in [7, 11) is 0. The van der Waals surface area contributed by atoms with E-state index in [4.69, 9.17) is 0 Å². The Kier molecular flexibility index (Phi) is 4.62. The topological polar surface area (TPSA) is 53.5 Å². The lowest BCUT2D eigenvalue weighted by molar-refractivity contribution is -0.127.